The first-order valence-corrected chi connectivity index (χ1v) is 12.8. The number of carbonyl (C=O) groups excluding carboxylic acids is 2. The van der Waals surface area contributed by atoms with Crippen molar-refractivity contribution < 1.29 is 19.1 Å². The van der Waals surface area contributed by atoms with Crippen molar-refractivity contribution in [1.82, 2.24) is 0 Å². The van der Waals surface area contributed by atoms with Gasteiger partial charge in [0.2, 0.25) is 0 Å². The van der Waals surface area contributed by atoms with E-state index < -0.39 is 5.41 Å². The van der Waals surface area contributed by atoms with Crippen LogP contribution in [0, 0.1) is 22.2 Å². The van der Waals surface area contributed by atoms with E-state index in [1.54, 1.807) is 0 Å². The van der Waals surface area contributed by atoms with Crippen molar-refractivity contribution >= 4 is 11.9 Å². The first-order valence-electron chi connectivity index (χ1n) is 12.8. The van der Waals surface area contributed by atoms with Crippen LogP contribution in [0.5, 0.6) is 0 Å². The largest absolute Gasteiger partial charge is 0.459 e. The molecule has 0 spiro atoms. The van der Waals surface area contributed by atoms with Gasteiger partial charge in [-0.2, -0.15) is 0 Å². The van der Waals surface area contributed by atoms with E-state index in [1.807, 2.05) is 0 Å². The second kappa shape index (κ2) is 8.37. The molecule has 4 heteroatoms. The quantitative estimate of drug-likeness (QED) is 0.405. The molecule has 2 bridgehead atoms. The molecule has 0 aromatic carbocycles. The summed E-state index contributed by atoms with van der Waals surface area (Å²) in [5, 5.41) is 0. The normalized spacial score (nSPS) is 32.0. The molecule has 31 heavy (non-hydrogen) atoms. The van der Waals surface area contributed by atoms with Gasteiger partial charge < -0.3 is 9.47 Å². The van der Waals surface area contributed by atoms with E-state index in [0.29, 0.717) is 0 Å². The highest BCUT2D eigenvalue weighted by Crippen LogP contribution is 2.56. The minimum Gasteiger partial charge on any atom is -0.459 e. The number of fused-ring (bicyclic) bond motifs is 3. The van der Waals surface area contributed by atoms with E-state index >= 15 is 0 Å². The van der Waals surface area contributed by atoms with Gasteiger partial charge in [0.1, 0.15) is 11.2 Å². The molecule has 178 valence electrons. The maximum atomic E-state index is 13.4. The summed E-state index contributed by atoms with van der Waals surface area (Å²) in [7, 11) is 0. The molecule has 4 rings (SSSR count). The lowest BCUT2D eigenvalue weighted by atomic mass is 9.58. The van der Waals surface area contributed by atoms with Crippen LogP contribution in [0.15, 0.2) is 0 Å². The number of hydrogen-bond donors (Lipinski definition) is 0. The van der Waals surface area contributed by atoms with Crippen LogP contribution in [-0.4, -0.2) is 23.1 Å². The molecular weight excluding hydrogens is 388 g/mol. The number of rotatable bonds is 7. The Kier molecular flexibility index (Phi) is 6.64. The molecule has 4 aliphatic carbocycles. The van der Waals surface area contributed by atoms with E-state index in [1.165, 1.54) is 0 Å². The van der Waals surface area contributed by atoms with E-state index in [9.17, 15) is 9.59 Å². The van der Waals surface area contributed by atoms with Crippen LogP contribution in [0.25, 0.3) is 0 Å². The van der Waals surface area contributed by atoms with Gasteiger partial charge in [0.15, 0.2) is 0 Å². The fourth-order valence-corrected chi connectivity index (χ4v) is 6.39. The lowest BCUT2D eigenvalue weighted by Crippen LogP contribution is -2.54. The predicted molar refractivity (Wildman–Crippen MR) is 124 cm³/mol. The lowest BCUT2D eigenvalue weighted by molar-refractivity contribution is -0.203. The predicted octanol–water partition coefficient (Wildman–Crippen LogP) is 6.99. The third-order valence-electron chi connectivity index (χ3n) is 9.03. The van der Waals surface area contributed by atoms with E-state index in [0.717, 1.165) is 77.0 Å². The average molecular weight is 435 g/mol. The second-order valence-corrected chi connectivity index (χ2v) is 12.8. The van der Waals surface area contributed by atoms with Crippen LogP contribution < -0.4 is 0 Å². The minimum atomic E-state index is -0.492. The Morgan fingerprint density at radius 3 is 1.77 bits per heavy atom. The molecule has 1 unspecified atom stereocenters. The maximum Gasteiger partial charge on any atom is 0.312 e. The molecule has 4 aliphatic rings. The number of hydrogen-bond acceptors (Lipinski definition) is 4. The van der Waals surface area contributed by atoms with Gasteiger partial charge >= 0.3 is 11.9 Å². The number of carbonyl (C=O) groups is 2. The zero-order valence-electron chi connectivity index (χ0n) is 21.2. The Morgan fingerprint density at radius 2 is 1.35 bits per heavy atom. The summed E-state index contributed by atoms with van der Waals surface area (Å²) in [5.41, 5.74) is -1.40. The van der Waals surface area contributed by atoms with Crippen molar-refractivity contribution in [2.45, 2.75) is 137 Å². The van der Waals surface area contributed by atoms with Gasteiger partial charge in [-0.1, -0.05) is 41.5 Å². The Bertz CT molecular complexity index is 655. The minimum absolute atomic E-state index is 0.0237. The van der Waals surface area contributed by atoms with Crippen molar-refractivity contribution in [3.63, 3.8) is 0 Å². The molecule has 0 aromatic heterocycles. The molecule has 1 atom stereocenters. The summed E-state index contributed by atoms with van der Waals surface area (Å²) in [6.07, 6.45) is 10.8. The SMILES string of the molecule is CCC1(OC(=O)C23CCC(OC(=O)C(C)(CC(C)(C)C)C(C)C)(CC2)CC3)CCCC1. The summed E-state index contributed by atoms with van der Waals surface area (Å²) >= 11 is 0. The highest BCUT2D eigenvalue weighted by molar-refractivity contribution is 5.79. The van der Waals surface area contributed by atoms with Crippen LogP contribution in [-0.2, 0) is 19.1 Å². The van der Waals surface area contributed by atoms with Crippen LogP contribution in [0.4, 0.5) is 0 Å². The third kappa shape index (κ3) is 4.83. The molecule has 0 aliphatic heterocycles. The Hall–Kier alpha value is -1.06. The molecule has 4 saturated carbocycles. The van der Waals surface area contributed by atoms with Gasteiger partial charge in [-0.05, 0) is 95.3 Å². The zero-order valence-corrected chi connectivity index (χ0v) is 21.2. The summed E-state index contributed by atoms with van der Waals surface area (Å²) in [6, 6.07) is 0. The molecule has 4 nitrogen and oxygen atoms in total. The highest BCUT2D eigenvalue weighted by Gasteiger charge is 2.57. The molecule has 0 heterocycles. The summed E-state index contributed by atoms with van der Waals surface area (Å²) < 4.78 is 12.6. The molecule has 0 aromatic rings. The number of esters is 2. The van der Waals surface area contributed by atoms with Gasteiger partial charge in [-0.15, -0.1) is 0 Å². The molecule has 0 amide bonds. The summed E-state index contributed by atoms with van der Waals surface area (Å²) in [6.45, 7) is 15.0. The van der Waals surface area contributed by atoms with Crippen molar-refractivity contribution in [3.05, 3.63) is 0 Å². The lowest BCUT2D eigenvalue weighted by Gasteiger charge is -2.52. The van der Waals surface area contributed by atoms with E-state index in [2.05, 4.69) is 48.5 Å². The highest BCUT2D eigenvalue weighted by atomic mass is 16.6. The maximum absolute atomic E-state index is 13.4. The Balaban J connectivity index is 1.66. The molecular formula is C27H46O4. The Labute approximate surface area is 190 Å². The van der Waals surface area contributed by atoms with Crippen molar-refractivity contribution in [2.75, 3.05) is 0 Å². The standard InChI is InChI=1S/C27H46O4/c1-8-26(11-9-10-12-26)31-22(29)25-13-16-27(17-14-25,18-15-25)30-21(28)24(7,20(2)3)19-23(4,5)6/h20H,8-19H2,1-7H3. The van der Waals surface area contributed by atoms with Crippen molar-refractivity contribution in [2.24, 2.45) is 22.2 Å². The first kappa shape index (κ1) is 24.6. The zero-order chi connectivity index (χ0) is 23.1. The molecule has 0 radical (unpaired) electrons. The van der Waals surface area contributed by atoms with Crippen LogP contribution in [0.2, 0.25) is 0 Å². The van der Waals surface area contributed by atoms with Gasteiger partial charge in [0, 0.05) is 0 Å². The van der Waals surface area contributed by atoms with Crippen LogP contribution >= 0.6 is 0 Å². The smallest absolute Gasteiger partial charge is 0.312 e. The Morgan fingerprint density at radius 1 is 0.839 bits per heavy atom. The van der Waals surface area contributed by atoms with Crippen molar-refractivity contribution in [1.29, 1.82) is 0 Å². The topological polar surface area (TPSA) is 52.6 Å². The molecule has 4 fully saturated rings. The van der Waals surface area contributed by atoms with E-state index in [4.69, 9.17) is 9.47 Å². The summed E-state index contributed by atoms with van der Waals surface area (Å²) in [5.74, 6) is 0.189. The first-order chi connectivity index (χ1) is 14.3. The molecule has 0 saturated heterocycles. The van der Waals surface area contributed by atoms with Gasteiger partial charge in [0.25, 0.3) is 0 Å². The second-order valence-electron chi connectivity index (χ2n) is 12.8. The van der Waals surface area contributed by atoms with E-state index in [-0.39, 0.29) is 39.9 Å². The fraction of sp³-hybridized carbons (Fsp3) is 0.926. The van der Waals surface area contributed by atoms with Crippen LogP contribution in [0.1, 0.15) is 126 Å². The third-order valence-corrected chi connectivity index (χ3v) is 9.03. The van der Waals surface area contributed by atoms with Gasteiger partial charge in [-0.3, -0.25) is 9.59 Å². The van der Waals surface area contributed by atoms with Crippen molar-refractivity contribution in [3.8, 4) is 0 Å². The summed E-state index contributed by atoms with van der Waals surface area (Å²) in [4.78, 5) is 26.7. The average Bonchev–Trinajstić information content (AvgIpc) is 3.16. The van der Waals surface area contributed by atoms with Gasteiger partial charge in [0.05, 0.1) is 10.8 Å². The van der Waals surface area contributed by atoms with Crippen LogP contribution in [0.3, 0.4) is 0 Å². The number of ether oxygens (including phenoxy) is 2. The van der Waals surface area contributed by atoms with Gasteiger partial charge in [-0.25, -0.2) is 0 Å². The fourth-order valence-electron chi connectivity index (χ4n) is 6.39. The monoisotopic (exact) mass is 434 g/mol. The molecule has 0 N–H and O–H groups in total.